The van der Waals surface area contributed by atoms with E-state index in [0.29, 0.717) is 26.2 Å². The van der Waals surface area contributed by atoms with Crippen LogP contribution in [0.4, 0.5) is 0 Å². The third kappa shape index (κ3) is 3.86. The zero-order chi connectivity index (χ0) is 11.1. The lowest BCUT2D eigenvalue weighted by molar-refractivity contribution is -0.137. The molecule has 0 aromatic rings. The van der Waals surface area contributed by atoms with E-state index in [1.165, 1.54) is 0 Å². The standard InChI is InChI=1S/C10H17N3O2/c1-2-15-9-10(14)13-7-5-12(4-3-11)6-8-13/h2,4-9H2,1H3. The smallest absolute Gasteiger partial charge is 0.248 e. The van der Waals surface area contributed by atoms with Gasteiger partial charge in [-0.1, -0.05) is 0 Å². The molecule has 0 bridgehead atoms. The molecule has 1 amide bonds. The molecule has 5 heteroatoms. The number of nitrogens with zero attached hydrogens (tertiary/aromatic N) is 3. The molecule has 84 valence electrons. The van der Waals surface area contributed by atoms with Crippen molar-refractivity contribution in [3.05, 3.63) is 0 Å². The summed E-state index contributed by atoms with van der Waals surface area (Å²) in [6, 6.07) is 2.11. The minimum atomic E-state index is 0.0495. The molecule has 0 aromatic carbocycles. The van der Waals surface area contributed by atoms with Gasteiger partial charge in [0.15, 0.2) is 0 Å². The molecule has 1 rings (SSSR count). The average Bonchev–Trinajstić information content (AvgIpc) is 2.27. The van der Waals surface area contributed by atoms with E-state index in [-0.39, 0.29) is 12.5 Å². The third-order valence-corrected chi connectivity index (χ3v) is 2.45. The first-order valence-electron chi connectivity index (χ1n) is 5.22. The van der Waals surface area contributed by atoms with E-state index in [0.717, 1.165) is 13.1 Å². The molecule has 15 heavy (non-hydrogen) atoms. The van der Waals surface area contributed by atoms with Crippen molar-refractivity contribution < 1.29 is 9.53 Å². The summed E-state index contributed by atoms with van der Waals surface area (Å²) in [5.41, 5.74) is 0. The van der Waals surface area contributed by atoms with Gasteiger partial charge in [-0.25, -0.2) is 0 Å². The topological polar surface area (TPSA) is 56.6 Å². The average molecular weight is 211 g/mol. The highest BCUT2D eigenvalue weighted by molar-refractivity contribution is 5.77. The molecule has 5 nitrogen and oxygen atoms in total. The first-order valence-corrected chi connectivity index (χ1v) is 5.22. The van der Waals surface area contributed by atoms with E-state index in [4.69, 9.17) is 10.00 Å². The lowest BCUT2D eigenvalue weighted by Gasteiger charge is -2.33. The minimum absolute atomic E-state index is 0.0495. The molecule has 1 aliphatic heterocycles. The van der Waals surface area contributed by atoms with E-state index < -0.39 is 0 Å². The molecular weight excluding hydrogens is 194 g/mol. The van der Waals surface area contributed by atoms with Gasteiger partial charge < -0.3 is 9.64 Å². The number of amides is 1. The summed E-state index contributed by atoms with van der Waals surface area (Å²) in [6.45, 7) is 6.04. The first kappa shape index (κ1) is 12.0. The quantitative estimate of drug-likeness (QED) is 0.599. The van der Waals surface area contributed by atoms with Crippen LogP contribution in [0.2, 0.25) is 0 Å². The fraction of sp³-hybridized carbons (Fsp3) is 0.800. The van der Waals surface area contributed by atoms with Crippen molar-refractivity contribution in [2.45, 2.75) is 6.92 Å². The van der Waals surface area contributed by atoms with Crippen molar-refractivity contribution in [1.82, 2.24) is 9.80 Å². The predicted octanol–water partition coefficient (Wildman–Crippen LogP) is -0.309. The van der Waals surface area contributed by atoms with E-state index in [2.05, 4.69) is 6.07 Å². The van der Waals surface area contributed by atoms with Crippen molar-refractivity contribution in [2.24, 2.45) is 0 Å². The molecule has 1 heterocycles. The summed E-state index contributed by atoms with van der Waals surface area (Å²) in [4.78, 5) is 15.4. The summed E-state index contributed by atoms with van der Waals surface area (Å²) >= 11 is 0. The van der Waals surface area contributed by atoms with Crippen molar-refractivity contribution in [3.8, 4) is 6.07 Å². The number of piperazine rings is 1. The lowest BCUT2D eigenvalue weighted by Crippen LogP contribution is -2.49. The van der Waals surface area contributed by atoms with Crippen LogP contribution in [0, 0.1) is 11.3 Å². The first-order chi connectivity index (χ1) is 7.27. The SMILES string of the molecule is CCOCC(=O)N1CCN(CC#N)CC1. The molecule has 0 aliphatic carbocycles. The van der Waals surface area contributed by atoms with Crippen LogP contribution in [0.5, 0.6) is 0 Å². The fourth-order valence-electron chi connectivity index (χ4n) is 1.54. The summed E-state index contributed by atoms with van der Waals surface area (Å²) < 4.78 is 5.07. The van der Waals surface area contributed by atoms with Gasteiger partial charge in [-0.15, -0.1) is 0 Å². The van der Waals surface area contributed by atoms with Crippen molar-refractivity contribution in [2.75, 3.05) is 45.9 Å². The van der Waals surface area contributed by atoms with E-state index in [9.17, 15) is 4.79 Å². The Labute approximate surface area is 90.2 Å². The molecule has 0 atom stereocenters. The normalized spacial score (nSPS) is 17.5. The fourth-order valence-corrected chi connectivity index (χ4v) is 1.54. The van der Waals surface area contributed by atoms with Crippen molar-refractivity contribution >= 4 is 5.91 Å². The number of hydrogen-bond donors (Lipinski definition) is 0. The Balaban J connectivity index is 2.25. The number of carbonyl (C=O) groups excluding carboxylic acids is 1. The second kappa shape index (κ2) is 6.38. The van der Waals surface area contributed by atoms with Crippen LogP contribution in [-0.2, 0) is 9.53 Å². The number of hydrogen-bond acceptors (Lipinski definition) is 4. The zero-order valence-corrected chi connectivity index (χ0v) is 9.11. The second-order valence-corrected chi connectivity index (χ2v) is 3.45. The molecule has 1 saturated heterocycles. The Morgan fingerprint density at radius 1 is 1.40 bits per heavy atom. The van der Waals surface area contributed by atoms with Crippen LogP contribution in [0.25, 0.3) is 0 Å². The molecule has 0 aromatic heterocycles. The Bertz CT molecular complexity index is 242. The maximum absolute atomic E-state index is 11.5. The number of rotatable bonds is 4. The number of nitriles is 1. The van der Waals surface area contributed by atoms with Gasteiger partial charge in [0.2, 0.25) is 5.91 Å². The minimum Gasteiger partial charge on any atom is -0.372 e. The molecule has 1 aliphatic rings. The Morgan fingerprint density at radius 2 is 2.07 bits per heavy atom. The predicted molar refractivity (Wildman–Crippen MR) is 55.1 cm³/mol. The maximum atomic E-state index is 11.5. The van der Waals surface area contributed by atoms with Gasteiger partial charge in [-0.2, -0.15) is 5.26 Å². The molecular formula is C10H17N3O2. The highest BCUT2D eigenvalue weighted by Gasteiger charge is 2.20. The lowest BCUT2D eigenvalue weighted by atomic mass is 10.3. The highest BCUT2D eigenvalue weighted by atomic mass is 16.5. The van der Waals surface area contributed by atoms with E-state index >= 15 is 0 Å². The third-order valence-electron chi connectivity index (χ3n) is 2.45. The largest absolute Gasteiger partial charge is 0.372 e. The van der Waals surface area contributed by atoms with Crippen LogP contribution in [0.1, 0.15) is 6.92 Å². The van der Waals surface area contributed by atoms with Gasteiger partial charge >= 0.3 is 0 Å². The van der Waals surface area contributed by atoms with Crippen molar-refractivity contribution in [1.29, 1.82) is 5.26 Å². The van der Waals surface area contributed by atoms with Gasteiger partial charge in [0.05, 0.1) is 12.6 Å². The summed E-state index contributed by atoms with van der Waals surface area (Å²) in [5, 5.41) is 8.52. The van der Waals surface area contributed by atoms with Crippen LogP contribution in [0.3, 0.4) is 0 Å². The Morgan fingerprint density at radius 3 is 2.60 bits per heavy atom. The van der Waals surface area contributed by atoms with Crippen molar-refractivity contribution in [3.63, 3.8) is 0 Å². The maximum Gasteiger partial charge on any atom is 0.248 e. The highest BCUT2D eigenvalue weighted by Crippen LogP contribution is 2.01. The van der Waals surface area contributed by atoms with Crippen LogP contribution >= 0.6 is 0 Å². The Kier molecular flexibility index (Phi) is 5.08. The van der Waals surface area contributed by atoms with Crippen LogP contribution in [-0.4, -0.2) is 61.6 Å². The van der Waals surface area contributed by atoms with Gasteiger partial charge in [0.25, 0.3) is 0 Å². The molecule has 0 saturated carbocycles. The summed E-state index contributed by atoms with van der Waals surface area (Å²) in [5.74, 6) is 0.0495. The Hall–Kier alpha value is -1.12. The summed E-state index contributed by atoms with van der Waals surface area (Å²) in [6.07, 6.45) is 0. The van der Waals surface area contributed by atoms with Gasteiger partial charge in [0.1, 0.15) is 6.61 Å². The molecule has 0 radical (unpaired) electrons. The van der Waals surface area contributed by atoms with Crippen LogP contribution < -0.4 is 0 Å². The molecule has 0 spiro atoms. The van der Waals surface area contributed by atoms with Gasteiger partial charge in [-0.05, 0) is 6.92 Å². The molecule has 0 N–H and O–H groups in total. The van der Waals surface area contributed by atoms with Crippen LogP contribution in [0.15, 0.2) is 0 Å². The van der Waals surface area contributed by atoms with E-state index in [1.807, 2.05) is 11.8 Å². The zero-order valence-electron chi connectivity index (χ0n) is 9.11. The molecule has 1 fully saturated rings. The monoisotopic (exact) mass is 211 g/mol. The molecule has 0 unspecified atom stereocenters. The summed E-state index contributed by atoms with van der Waals surface area (Å²) in [7, 11) is 0. The second-order valence-electron chi connectivity index (χ2n) is 3.45. The van der Waals surface area contributed by atoms with E-state index in [1.54, 1.807) is 4.90 Å². The van der Waals surface area contributed by atoms with Gasteiger partial charge in [0, 0.05) is 32.8 Å². The number of carbonyl (C=O) groups is 1. The number of ether oxygens (including phenoxy) is 1. The van der Waals surface area contributed by atoms with Gasteiger partial charge in [-0.3, -0.25) is 9.69 Å².